The van der Waals surface area contributed by atoms with Crippen molar-refractivity contribution in [3.05, 3.63) is 52.8 Å². The zero-order valence-corrected chi connectivity index (χ0v) is 16.6. The number of unbranched alkanes of at least 4 members (excludes halogenated alkanes) is 4. The van der Waals surface area contributed by atoms with Crippen LogP contribution in [-0.4, -0.2) is 30.2 Å². The van der Waals surface area contributed by atoms with Crippen LogP contribution in [0.15, 0.2) is 41.5 Å². The zero-order valence-electron chi connectivity index (χ0n) is 15.9. The highest BCUT2D eigenvalue weighted by molar-refractivity contribution is 6.31. The van der Waals surface area contributed by atoms with E-state index in [1.807, 2.05) is 30.5 Å². The van der Waals surface area contributed by atoms with E-state index in [1.54, 1.807) is 18.0 Å². The van der Waals surface area contributed by atoms with Crippen LogP contribution in [0.1, 0.15) is 57.2 Å². The number of benzodiazepines with no additional fused rings is 1. The third-order valence-corrected chi connectivity index (χ3v) is 4.62. The third kappa shape index (κ3) is 5.21. The Bertz CT molecular complexity index is 734. The van der Waals surface area contributed by atoms with Gasteiger partial charge in [0.25, 0.3) is 0 Å². The summed E-state index contributed by atoms with van der Waals surface area (Å²) in [4.78, 5) is 21.1. The monoisotopic (exact) mass is 373 g/mol. The number of nitrogens with one attached hydrogen (secondary N) is 1. The molecule has 0 spiro atoms. The van der Waals surface area contributed by atoms with Crippen molar-refractivity contribution < 1.29 is 4.79 Å². The molecule has 0 saturated heterocycles. The van der Waals surface area contributed by atoms with Gasteiger partial charge in [-0.25, -0.2) is 0 Å². The Morgan fingerprint density at radius 1 is 1.15 bits per heavy atom. The van der Waals surface area contributed by atoms with Gasteiger partial charge < -0.3 is 9.88 Å². The minimum atomic E-state index is -0.0369. The number of carbonyl (C=O) groups excluding carboxylic acids is 1. The lowest BCUT2D eigenvalue weighted by atomic mass is 10.0. The van der Waals surface area contributed by atoms with Crippen LogP contribution in [0.3, 0.4) is 0 Å². The quantitative estimate of drug-likeness (QED) is 0.695. The van der Waals surface area contributed by atoms with Gasteiger partial charge in [-0.3, -0.25) is 9.79 Å². The van der Waals surface area contributed by atoms with Gasteiger partial charge >= 0.3 is 0 Å². The van der Waals surface area contributed by atoms with E-state index < -0.39 is 0 Å². The first-order chi connectivity index (χ1) is 12.6. The number of aromatic nitrogens is 1. The maximum absolute atomic E-state index is 12.0. The van der Waals surface area contributed by atoms with Crippen LogP contribution < -0.4 is 4.90 Å². The van der Waals surface area contributed by atoms with Gasteiger partial charge in [-0.1, -0.05) is 57.6 Å². The summed E-state index contributed by atoms with van der Waals surface area (Å²) in [6, 6.07) is 9.30. The summed E-state index contributed by atoms with van der Waals surface area (Å²) in [5, 5.41) is 0.626. The summed E-state index contributed by atoms with van der Waals surface area (Å²) >= 11 is 6.07. The number of H-pyrrole nitrogens is 1. The normalized spacial score (nSPS) is 13.5. The van der Waals surface area contributed by atoms with Gasteiger partial charge in [0.15, 0.2) is 0 Å². The number of rotatable bonds is 5. The van der Waals surface area contributed by atoms with E-state index in [1.165, 1.54) is 32.1 Å². The molecule has 4 nitrogen and oxygen atoms in total. The Morgan fingerprint density at radius 2 is 1.88 bits per heavy atom. The number of benzene rings is 1. The van der Waals surface area contributed by atoms with Gasteiger partial charge in [-0.05, 0) is 30.3 Å². The molecule has 5 heteroatoms. The van der Waals surface area contributed by atoms with E-state index in [4.69, 9.17) is 11.6 Å². The largest absolute Gasteiger partial charge is 0.360 e. The second kappa shape index (κ2) is 10.2. The minimum absolute atomic E-state index is 0.0369. The fourth-order valence-electron chi connectivity index (χ4n) is 2.85. The maximum atomic E-state index is 12.0. The molecule has 0 aliphatic carbocycles. The zero-order chi connectivity index (χ0) is 18.9. The van der Waals surface area contributed by atoms with Crippen molar-refractivity contribution in [2.75, 3.05) is 18.5 Å². The van der Waals surface area contributed by atoms with Crippen LogP contribution in [0, 0.1) is 0 Å². The SMILES string of the molecule is CCCCCCC.CN1C(=O)CN=C(c2ccc[nH]2)c2cc(Cl)ccc21. The highest BCUT2D eigenvalue weighted by Crippen LogP contribution is 2.28. The molecule has 26 heavy (non-hydrogen) atoms. The van der Waals surface area contributed by atoms with E-state index in [-0.39, 0.29) is 12.5 Å². The van der Waals surface area contributed by atoms with Crippen molar-refractivity contribution in [1.29, 1.82) is 0 Å². The van der Waals surface area contributed by atoms with Crippen LogP contribution in [0.4, 0.5) is 5.69 Å². The molecule has 1 aromatic carbocycles. The molecule has 3 rings (SSSR count). The lowest BCUT2D eigenvalue weighted by Gasteiger charge is -2.17. The van der Waals surface area contributed by atoms with Crippen LogP contribution in [-0.2, 0) is 4.79 Å². The van der Waals surface area contributed by atoms with Crippen molar-refractivity contribution >= 4 is 28.9 Å². The van der Waals surface area contributed by atoms with Crippen molar-refractivity contribution in [2.45, 2.75) is 46.0 Å². The van der Waals surface area contributed by atoms with Gasteiger partial charge in [0.1, 0.15) is 6.54 Å². The van der Waals surface area contributed by atoms with Crippen LogP contribution in [0.25, 0.3) is 0 Å². The fraction of sp³-hybridized carbons (Fsp3) is 0.429. The van der Waals surface area contributed by atoms with E-state index in [9.17, 15) is 4.79 Å². The van der Waals surface area contributed by atoms with Gasteiger partial charge in [0.2, 0.25) is 5.91 Å². The smallest absolute Gasteiger partial charge is 0.248 e. The summed E-state index contributed by atoms with van der Waals surface area (Å²) in [6.07, 6.45) is 8.84. The standard InChI is InChI=1S/C14H12ClN3O.C7H16/c1-18-12-5-4-9(15)7-10(12)14(17-8-13(18)19)11-3-2-6-16-11;1-3-5-7-6-4-2/h2-7,16H,8H2,1H3;3-7H2,1-2H3. The molecule has 140 valence electrons. The van der Waals surface area contributed by atoms with E-state index >= 15 is 0 Å². The molecule has 0 unspecified atom stereocenters. The Hall–Kier alpha value is -2.07. The number of hydrogen-bond donors (Lipinski definition) is 1. The number of anilines is 1. The molecule has 0 atom stereocenters. The predicted octanol–water partition coefficient (Wildman–Crippen LogP) is 5.46. The molecule has 1 aliphatic heterocycles. The van der Waals surface area contributed by atoms with Gasteiger partial charge in [-0.2, -0.15) is 0 Å². The molecule has 1 amide bonds. The Kier molecular flexibility index (Phi) is 7.92. The first kappa shape index (κ1) is 20.2. The van der Waals surface area contributed by atoms with Crippen LogP contribution in [0.5, 0.6) is 0 Å². The van der Waals surface area contributed by atoms with Crippen molar-refractivity contribution in [3.8, 4) is 0 Å². The molecule has 1 aliphatic rings. The molecular formula is C21H28ClN3O. The van der Waals surface area contributed by atoms with Crippen molar-refractivity contribution in [3.63, 3.8) is 0 Å². The summed E-state index contributed by atoms with van der Waals surface area (Å²) in [6.45, 7) is 4.63. The van der Waals surface area contributed by atoms with Crippen molar-refractivity contribution in [2.24, 2.45) is 4.99 Å². The Morgan fingerprint density at radius 3 is 2.50 bits per heavy atom. The van der Waals surface area contributed by atoms with Crippen LogP contribution >= 0.6 is 11.6 Å². The number of aromatic amines is 1. The molecule has 2 heterocycles. The maximum Gasteiger partial charge on any atom is 0.248 e. The molecule has 1 aromatic heterocycles. The second-order valence-corrected chi connectivity index (χ2v) is 6.86. The number of hydrogen-bond acceptors (Lipinski definition) is 2. The van der Waals surface area contributed by atoms with Crippen molar-refractivity contribution in [1.82, 2.24) is 4.98 Å². The van der Waals surface area contributed by atoms with E-state index in [0.29, 0.717) is 5.02 Å². The topological polar surface area (TPSA) is 48.5 Å². The average molecular weight is 374 g/mol. The number of halogens is 1. The number of aliphatic imine (C=N–C) groups is 1. The Labute approximate surface area is 161 Å². The Balaban J connectivity index is 0.000000298. The highest BCUT2D eigenvalue weighted by atomic mass is 35.5. The van der Waals surface area contributed by atoms with Gasteiger partial charge in [-0.15, -0.1) is 0 Å². The predicted molar refractivity (Wildman–Crippen MR) is 111 cm³/mol. The van der Waals surface area contributed by atoms with Gasteiger partial charge in [0.05, 0.1) is 17.1 Å². The number of carbonyl (C=O) groups is 1. The number of nitrogens with zero attached hydrogens (tertiary/aromatic N) is 2. The molecule has 0 fully saturated rings. The third-order valence-electron chi connectivity index (χ3n) is 4.38. The summed E-state index contributed by atoms with van der Waals surface area (Å²) in [5.41, 5.74) is 3.33. The molecule has 2 aromatic rings. The number of amides is 1. The summed E-state index contributed by atoms with van der Waals surface area (Å²) in [7, 11) is 1.75. The highest BCUT2D eigenvalue weighted by Gasteiger charge is 2.22. The first-order valence-electron chi connectivity index (χ1n) is 9.33. The summed E-state index contributed by atoms with van der Waals surface area (Å²) in [5.74, 6) is -0.0369. The molecule has 0 saturated carbocycles. The van der Waals surface area contributed by atoms with E-state index in [0.717, 1.165) is 22.7 Å². The lowest BCUT2D eigenvalue weighted by molar-refractivity contribution is -0.116. The minimum Gasteiger partial charge on any atom is -0.360 e. The molecular weight excluding hydrogens is 346 g/mol. The lowest BCUT2D eigenvalue weighted by Crippen LogP contribution is -2.27. The summed E-state index contributed by atoms with van der Waals surface area (Å²) < 4.78 is 0. The van der Waals surface area contributed by atoms with E-state index in [2.05, 4.69) is 23.8 Å². The molecule has 0 radical (unpaired) electrons. The number of fused-ring (bicyclic) bond motifs is 1. The van der Waals surface area contributed by atoms with Gasteiger partial charge in [0, 0.05) is 23.8 Å². The molecule has 0 bridgehead atoms. The van der Waals surface area contributed by atoms with Crippen LogP contribution in [0.2, 0.25) is 5.02 Å². The molecule has 1 N–H and O–H groups in total. The fourth-order valence-corrected chi connectivity index (χ4v) is 3.02. The second-order valence-electron chi connectivity index (χ2n) is 6.42. The average Bonchev–Trinajstić information content (AvgIpc) is 3.13. The number of likely N-dealkylation sites (N-methyl/N-ethyl adjacent to an activating group) is 1. The first-order valence-corrected chi connectivity index (χ1v) is 9.71.